The minimum Gasteiger partial charge on any atom is -0.497 e. The first-order valence-corrected chi connectivity index (χ1v) is 7.78. The summed E-state index contributed by atoms with van der Waals surface area (Å²) in [5.41, 5.74) is 0.981. The summed E-state index contributed by atoms with van der Waals surface area (Å²) in [6, 6.07) is 7.40. The fraction of sp³-hybridized carbons (Fsp3) is 0.412. The molecule has 3 rings (SSSR count). The molecule has 0 spiro atoms. The second kappa shape index (κ2) is 6.32. The van der Waals surface area contributed by atoms with Crippen LogP contribution in [0, 0.1) is 0 Å². The number of benzene rings is 1. The maximum Gasteiger partial charge on any atom is 0.243 e. The molecule has 0 radical (unpaired) electrons. The van der Waals surface area contributed by atoms with Crippen molar-refractivity contribution in [3.63, 3.8) is 0 Å². The van der Waals surface area contributed by atoms with Gasteiger partial charge in [0.15, 0.2) is 0 Å². The Morgan fingerprint density at radius 2 is 2.17 bits per heavy atom. The van der Waals surface area contributed by atoms with Gasteiger partial charge in [-0.3, -0.25) is 9.59 Å². The predicted molar refractivity (Wildman–Crippen MR) is 87.3 cm³/mol. The van der Waals surface area contributed by atoms with E-state index in [2.05, 4.69) is 5.32 Å². The normalized spacial score (nSPS) is 17.5. The number of carbonyl (C=O) groups excluding carboxylic acids is 2. The standard InChI is InChI=1S/C17H21N3O3/c1-18-17(22)15-4-3-8-20(15)16(21)11-19-9-7-12-10-13(23-2)5-6-14(12)19/h5-7,9-10,15H,3-4,8,11H2,1-2H3,(H,18,22). The van der Waals surface area contributed by atoms with Crippen LogP contribution in [-0.2, 0) is 16.1 Å². The SMILES string of the molecule is CNC(=O)C1CCCN1C(=O)Cn1ccc2cc(OC)ccc21. The van der Waals surface area contributed by atoms with E-state index in [9.17, 15) is 9.59 Å². The van der Waals surface area contributed by atoms with Gasteiger partial charge in [0.25, 0.3) is 0 Å². The van der Waals surface area contributed by atoms with Gasteiger partial charge < -0.3 is 19.5 Å². The largest absolute Gasteiger partial charge is 0.497 e. The zero-order chi connectivity index (χ0) is 16.4. The summed E-state index contributed by atoms with van der Waals surface area (Å²) in [7, 11) is 3.24. The first-order valence-electron chi connectivity index (χ1n) is 7.78. The van der Waals surface area contributed by atoms with Crippen LogP contribution in [0.15, 0.2) is 30.5 Å². The minimum absolute atomic E-state index is 0.0237. The molecule has 0 aliphatic carbocycles. The van der Waals surface area contributed by atoms with Crippen LogP contribution >= 0.6 is 0 Å². The van der Waals surface area contributed by atoms with Crippen LogP contribution in [0.4, 0.5) is 0 Å². The second-order valence-corrected chi connectivity index (χ2v) is 5.73. The van der Waals surface area contributed by atoms with Gasteiger partial charge in [0.2, 0.25) is 11.8 Å². The van der Waals surface area contributed by atoms with Crippen molar-refractivity contribution in [2.45, 2.75) is 25.4 Å². The second-order valence-electron chi connectivity index (χ2n) is 5.73. The molecule has 1 aliphatic heterocycles. The molecule has 1 aromatic heterocycles. The third kappa shape index (κ3) is 2.88. The fourth-order valence-corrected chi connectivity index (χ4v) is 3.18. The average Bonchev–Trinajstić information content (AvgIpc) is 3.21. The van der Waals surface area contributed by atoms with Gasteiger partial charge in [-0.15, -0.1) is 0 Å². The van der Waals surface area contributed by atoms with Crippen LogP contribution in [0.25, 0.3) is 10.9 Å². The van der Waals surface area contributed by atoms with Crippen LogP contribution in [-0.4, -0.2) is 48.0 Å². The lowest BCUT2D eigenvalue weighted by molar-refractivity contribution is -0.138. The van der Waals surface area contributed by atoms with Gasteiger partial charge in [-0.2, -0.15) is 0 Å². The highest BCUT2D eigenvalue weighted by Gasteiger charge is 2.33. The zero-order valence-electron chi connectivity index (χ0n) is 13.4. The molecule has 6 nitrogen and oxygen atoms in total. The van der Waals surface area contributed by atoms with Gasteiger partial charge in [-0.25, -0.2) is 0 Å². The number of amides is 2. The molecule has 1 aliphatic rings. The van der Waals surface area contributed by atoms with Crippen molar-refractivity contribution in [2.75, 3.05) is 20.7 Å². The van der Waals surface area contributed by atoms with Crippen LogP contribution in [0.3, 0.4) is 0 Å². The first-order chi connectivity index (χ1) is 11.1. The number of rotatable bonds is 4. The molecule has 6 heteroatoms. The van der Waals surface area contributed by atoms with Gasteiger partial charge in [0.1, 0.15) is 18.3 Å². The van der Waals surface area contributed by atoms with Gasteiger partial charge in [0, 0.05) is 30.7 Å². The Hall–Kier alpha value is -2.50. The molecule has 1 fully saturated rings. The molecule has 23 heavy (non-hydrogen) atoms. The Morgan fingerprint density at radius 1 is 1.35 bits per heavy atom. The quantitative estimate of drug-likeness (QED) is 0.927. The number of nitrogens with zero attached hydrogens (tertiary/aromatic N) is 2. The van der Waals surface area contributed by atoms with Crippen molar-refractivity contribution in [3.8, 4) is 5.75 Å². The monoisotopic (exact) mass is 315 g/mol. The van der Waals surface area contributed by atoms with E-state index < -0.39 is 0 Å². The van der Waals surface area contributed by atoms with Crippen LogP contribution in [0.2, 0.25) is 0 Å². The van der Waals surface area contributed by atoms with Gasteiger partial charge in [0.05, 0.1) is 7.11 Å². The van der Waals surface area contributed by atoms with Gasteiger partial charge in [-0.05, 0) is 37.1 Å². The van der Waals surface area contributed by atoms with E-state index in [1.165, 1.54) is 0 Å². The van der Waals surface area contributed by atoms with E-state index >= 15 is 0 Å². The topological polar surface area (TPSA) is 63.6 Å². The molecule has 0 saturated carbocycles. The smallest absolute Gasteiger partial charge is 0.243 e. The number of aromatic nitrogens is 1. The highest BCUT2D eigenvalue weighted by Crippen LogP contribution is 2.23. The fourth-order valence-electron chi connectivity index (χ4n) is 3.18. The van der Waals surface area contributed by atoms with Crippen molar-refractivity contribution in [2.24, 2.45) is 0 Å². The molecule has 1 N–H and O–H groups in total. The average molecular weight is 315 g/mol. The number of likely N-dealkylation sites (N-methyl/N-ethyl adjacent to an activating group) is 1. The van der Waals surface area contributed by atoms with Crippen molar-refractivity contribution in [1.29, 1.82) is 0 Å². The molecule has 1 atom stereocenters. The van der Waals surface area contributed by atoms with E-state index in [-0.39, 0.29) is 24.4 Å². The Balaban J connectivity index is 1.79. The molecule has 0 bridgehead atoms. The number of likely N-dealkylation sites (tertiary alicyclic amines) is 1. The number of nitrogens with one attached hydrogen (secondary N) is 1. The van der Waals surface area contributed by atoms with Crippen molar-refractivity contribution in [3.05, 3.63) is 30.5 Å². The number of hydrogen-bond donors (Lipinski definition) is 1. The Bertz CT molecular complexity index is 738. The lowest BCUT2D eigenvalue weighted by atomic mass is 10.2. The van der Waals surface area contributed by atoms with Gasteiger partial charge >= 0.3 is 0 Å². The summed E-state index contributed by atoms with van der Waals surface area (Å²) in [6.07, 6.45) is 3.50. The number of hydrogen-bond acceptors (Lipinski definition) is 3. The number of ether oxygens (including phenoxy) is 1. The van der Waals surface area contributed by atoms with Crippen molar-refractivity contribution in [1.82, 2.24) is 14.8 Å². The maximum absolute atomic E-state index is 12.6. The van der Waals surface area contributed by atoms with E-state index in [1.54, 1.807) is 19.1 Å². The lowest BCUT2D eigenvalue weighted by Gasteiger charge is -2.23. The van der Waals surface area contributed by atoms with E-state index in [1.807, 2.05) is 35.0 Å². The molecule has 2 aromatic rings. The molecule has 122 valence electrons. The molecule has 1 aromatic carbocycles. The molecular weight excluding hydrogens is 294 g/mol. The summed E-state index contributed by atoms with van der Waals surface area (Å²) in [4.78, 5) is 26.2. The summed E-state index contributed by atoms with van der Waals surface area (Å²) < 4.78 is 7.13. The summed E-state index contributed by atoms with van der Waals surface area (Å²) in [5, 5.41) is 3.67. The van der Waals surface area contributed by atoms with Crippen LogP contribution in [0.1, 0.15) is 12.8 Å². The van der Waals surface area contributed by atoms with E-state index in [4.69, 9.17) is 4.74 Å². The summed E-state index contributed by atoms with van der Waals surface area (Å²) >= 11 is 0. The van der Waals surface area contributed by atoms with E-state index in [0.717, 1.165) is 29.5 Å². The molecule has 1 saturated heterocycles. The highest BCUT2D eigenvalue weighted by atomic mass is 16.5. The predicted octanol–water partition coefficient (Wildman–Crippen LogP) is 1.39. The molecule has 1 unspecified atom stereocenters. The molecule has 2 heterocycles. The Morgan fingerprint density at radius 3 is 2.91 bits per heavy atom. The third-order valence-electron chi connectivity index (χ3n) is 4.41. The van der Waals surface area contributed by atoms with Crippen LogP contribution in [0.5, 0.6) is 5.75 Å². The van der Waals surface area contributed by atoms with Crippen molar-refractivity contribution < 1.29 is 14.3 Å². The van der Waals surface area contributed by atoms with E-state index in [0.29, 0.717) is 6.54 Å². The highest BCUT2D eigenvalue weighted by molar-refractivity contribution is 5.89. The Labute approximate surface area is 135 Å². The number of carbonyl (C=O) groups is 2. The molecule has 2 amide bonds. The maximum atomic E-state index is 12.6. The number of fused-ring (bicyclic) bond motifs is 1. The third-order valence-corrected chi connectivity index (χ3v) is 4.41. The summed E-state index contributed by atoms with van der Waals surface area (Å²) in [6.45, 7) is 0.882. The molecular formula is C17H21N3O3. The minimum atomic E-state index is -0.338. The lowest BCUT2D eigenvalue weighted by Crippen LogP contribution is -2.45. The number of methoxy groups -OCH3 is 1. The van der Waals surface area contributed by atoms with Gasteiger partial charge in [-0.1, -0.05) is 0 Å². The Kier molecular flexibility index (Phi) is 4.23. The first kappa shape index (κ1) is 15.4. The van der Waals surface area contributed by atoms with Crippen LogP contribution < -0.4 is 10.1 Å². The zero-order valence-corrected chi connectivity index (χ0v) is 13.4. The summed E-state index contributed by atoms with van der Waals surface area (Å²) in [5.74, 6) is 0.683. The van der Waals surface area contributed by atoms with Crippen molar-refractivity contribution >= 4 is 22.7 Å².